The molecule has 0 aliphatic rings. The summed E-state index contributed by atoms with van der Waals surface area (Å²) >= 11 is 12.8. The lowest BCUT2D eigenvalue weighted by Gasteiger charge is -1.95. The fourth-order valence-electron chi connectivity index (χ4n) is 1.46. The van der Waals surface area contributed by atoms with Crippen molar-refractivity contribution in [3.63, 3.8) is 0 Å². The quantitative estimate of drug-likeness (QED) is 0.726. The fraction of sp³-hybridized carbons (Fsp3) is 0.182. The van der Waals surface area contributed by atoms with Gasteiger partial charge in [-0.15, -0.1) is 11.3 Å². The van der Waals surface area contributed by atoms with Crippen LogP contribution in [0.4, 0.5) is 0 Å². The molecule has 0 atom stereocenters. The predicted octanol–water partition coefficient (Wildman–Crippen LogP) is 4.50. The van der Waals surface area contributed by atoms with Crippen LogP contribution in [-0.4, -0.2) is 5.24 Å². The van der Waals surface area contributed by atoms with E-state index in [0.29, 0.717) is 9.90 Å². The average molecular weight is 259 g/mol. The van der Waals surface area contributed by atoms with Gasteiger partial charge in [0, 0.05) is 10.1 Å². The van der Waals surface area contributed by atoms with Crippen LogP contribution in [0.5, 0.6) is 0 Å². The molecule has 2 rings (SSSR count). The highest BCUT2D eigenvalue weighted by Crippen LogP contribution is 2.36. The van der Waals surface area contributed by atoms with Crippen molar-refractivity contribution < 1.29 is 4.79 Å². The second kappa shape index (κ2) is 4.12. The van der Waals surface area contributed by atoms with Crippen LogP contribution in [0.1, 0.15) is 22.2 Å². The van der Waals surface area contributed by atoms with Crippen LogP contribution in [0, 0.1) is 0 Å². The molecule has 0 radical (unpaired) electrons. The van der Waals surface area contributed by atoms with Gasteiger partial charge in [-0.05, 0) is 29.7 Å². The first-order valence-corrected chi connectivity index (χ1v) is 6.11. The SMILES string of the molecule is CCc1ccc2c(Cl)c(C(=O)Cl)sc2c1. The van der Waals surface area contributed by atoms with Crippen LogP contribution < -0.4 is 0 Å². The molecule has 1 aromatic heterocycles. The molecular weight excluding hydrogens is 251 g/mol. The Morgan fingerprint density at radius 3 is 2.80 bits per heavy atom. The molecule has 15 heavy (non-hydrogen) atoms. The molecule has 0 aliphatic heterocycles. The van der Waals surface area contributed by atoms with E-state index in [-0.39, 0.29) is 0 Å². The van der Waals surface area contributed by atoms with Crippen molar-refractivity contribution in [2.75, 3.05) is 0 Å². The molecule has 0 spiro atoms. The van der Waals surface area contributed by atoms with Crippen LogP contribution in [0.15, 0.2) is 18.2 Å². The number of hydrogen-bond donors (Lipinski definition) is 0. The van der Waals surface area contributed by atoms with Gasteiger partial charge in [0.05, 0.1) is 5.02 Å². The van der Waals surface area contributed by atoms with Gasteiger partial charge in [0.2, 0.25) is 0 Å². The summed E-state index contributed by atoms with van der Waals surface area (Å²) in [5.41, 5.74) is 1.23. The van der Waals surface area contributed by atoms with Gasteiger partial charge in [-0.3, -0.25) is 4.79 Å². The molecule has 78 valence electrons. The Balaban J connectivity index is 2.70. The van der Waals surface area contributed by atoms with Crippen LogP contribution in [0.25, 0.3) is 10.1 Å². The van der Waals surface area contributed by atoms with Crippen molar-refractivity contribution in [2.24, 2.45) is 0 Å². The molecule has 2 aromatic rings. The minimum absolute atomic E-state index is 0.432. The summed E-state index contributed by atoms with van der Waals surface area (Å²) in [4.78, 5) is 11.5. The monoisotopic (exact) mass is 258 g/mol. The number of thiophene rings is 1. The number of fused-ring (bicyclic) bond motifs is 1. The number of aryl methyl sites for hydroxylation is 1. The van der Waals surface area contributed by atoms with Gasteiger partial charge in [-0.2, -0.15) is 0 Å². The summed E-state index contributed by atoms with van der Waals surface area (Å²) in [6.07, 6.45) is 0.968. The van der Waals surface area contributed by atoms with Crippen LogP contribution in [0.2, 0.25) is 5.02 Å². The molecule has 0 amide bonds. The smallest absolute Gasteiger partial charge is 0.263 e. The molecule has 4 heteroatoms. The summed E-state index contributed by atoms with van der Waals surface area (Å²) in [6, 6.07) is 6.01. The molecule has 0 bridgehead atoms. The predicted molar refractivity (Wildman–Crippen MR) is 66.4 cm³/mol. The molecule has 0 saturated heterocycles. The van der Waals surface area contributed by atoms with Crippen molar-refractivity contribution >= 4 is 49.9 Å². The number of carbonyl (C=O) groups excluding carboxylic acids is 1. The van der Waals surface area contributed by atoms with Gasteiger partial charge in [-0.1, -0.05) is 30.7 Å². The number of benzene rings is 1. The molecule has 0 N–H and O–H groups in total. The van der Waals surface area contributed by atoms with E-state index in [1.54, 1.807) is 0 Å². The Hall–Kier alpha value is -0.570. The van der Waals surface area contributed by atoms with Crippen LogP contribution in [0.3, 0.4) is 0 Å². The van der Waals surface area contributed by atoms with Gasteiger partial charge >= 0.3 is 0 Å². The molecular formula is C11H8Cl2OS. The molecule has 0 unspecified atom stereocenters. The van der Waals surface area contributed by atoms with Crippen molar-refractivity contribution in [2.45, 2.75) is 13.3 Å². The maximum Gasteiger partial charge on any atom is 0.263 e. The third-order valence-electron chi connectivity index (χ3n) is 2.28. The van der Waals surface area contributed by atoms with E-state index < -0.39 is 5.24 Å². The van der Waals surface area contributed by atoms with Crippen molar-refractivity contribution in [3.05, 3.63) is 33.7 Å². The third-order valence-corrected chi connectivity index (χ3v) is 4.24. The van der Waals surface area contributed by atoms with E-state index in [4.69, 9.17) is 23.2 Å². The number of rotatable bonds is 2. The first-order valence-electron chi connectivity index (χ1n) is 4.54. The Kier molecular flexibility index (Phi) is 3.01. The summed E-state index contributed by atoms with van der Waals surface area (Å²) in [7, 11) is 0. The highest BCUT2D eigenvalue weighted by molar-refractivity contribution is 7.23. The summed E-state index contributed by atoms with van der Waals surface area (Å²) in [5.74, 6) is 0. The van der Waals surface area contributed by atoms with Crippen molar-refractivity contribution in [1.82, 2.24) is 0 Å². The maximum absolute atomic E-state index is 11.1. The van der Waals surface area contributed by atoms with Gasteiger partial charge in [0.15, 0.2) is 0 Å². The largest absolute Gasteiger partial charge is 0.275 e. The highest BCUT2D eigenvalue weighted by Gasteiger charge is 2.15. The zero-order valence-electron chi connectivity index (χ0n) is 8.01. The lowest BCUT2D eigenvalue weighted by Crippen LogP contribution is -1.81. The number of carbonyl (C=O) groups is 1. The summed E-state index contributed by atoms with van der Waals surface area (Å²) in [5, 5.41) is 0.889. The first kappa shape index (κ1) is 10.9. The minimum atomic E-state index is -0.487. The van der Waals surface area contributed by atoms with Gasteiger partial charge < -0.3 is 0 Å². The first-order chi connectivity index (χ1) is 7.13. The maximum atomic E-state index is 11.1. The van der Waals surface area contributed by atoms with E-state index in [9.17, 15) is 4.79 Å². The van der Waals surface area contributed by atoms with Crippen molar-refractivity contribution in [1.29, 1.82) is 0 Å². The topological polar surface area (TPSA) is 17.1 Å². The number of hydrogen-bond acceptors (Lipinski definition) is 2. The van der Waals surface area contributed by atoms with Crippen LogP contribution >= 0.6 is 34.5 Å². The van der Waals surface area contributed by atoms with Gasteiger partial charge in [0.1, 0.15) is 4.88 Å². The standard InChI is InChI=1S/C11H8Cl2OS/c1-2-6-3-4-7-8(5-6)15-10(9(7)12)11(13)14/h3-5H,2H2,1H3. The molecule has 1 nitrogen and oxygen atoms in total. The average Bonchev–Trinajstić information content (AvgIpc) is 2.55. The molecule has 0 fully saturated rings. The van der Waals surface area contributed by atoms with E-state index in [1.165, 1.54) is 16.9 Å². The lowest BCUT2D eigenvalue weighted by molar-refractivity contribution is 0.108. The Morgan fingerprint density at radius 2 is 2.20 bits per heavy atom. The van der Waals surface area contributed by atoms with E-state index in [1.807, 2.05) is 12.1 Å². The normalized spacial score (nSPS) is 10.9. The van der Waals surface area contributed by atoms with Crippen molar-refractivity contribution in [3.8, 4) is 0 Å². The zero-order chi connectivity index (χ0) is 11.0. The fourth-order valence-corrected chi connectivity index (χ4v) is 3.13. The summed E-state index contributed by atoms with van der Waals surface area (Å²) < 4.78 is 1.02. The van der Waals surface area contributed by atoms with Gasteiger partial charge in [-0.25, -0.2) is 0 Å². The third kappa shape index (κ3) is 1.89. The highest BCUT2D eigenvalue weighted by atomic mass is 35.5. The Bertz CT molecular complexity index is 531. The second-order valence-corrected chi connectivity index (χ2v) is 4.98. The molecule has 0 saturated carbocycles. The minimum Gasteiger partial charge on any atom is -0.275 e. The number of halogens is 2. The molecule has 0 aliphatic carbocycles. The van der Waals surface area contributed by atoms with E-state index in [0.717, 1.165) is 16.5 Å². The molecule has 1 heterocycles. The van der Waals surface area contributed by atoms with Crippen LogP contribution in [-0.2, 0) is 6.42 Å². The Labute approximate surface area is 102 Å². The lowest BCUT2D eigenvalue weighted by atomic mass is 10.1. The second-order valence-electron chi connectivity index (χ2n) is 3.20. The zero-order valence-corrected chi connectivity index (χ0v) is 10.3. The molecule has 1 aromatic carbocycles. The Morgan fingerprint density at radius 1 is 1.47 bits per heavy atom. The summed E-state index contributed by atoms with van der Waals surface area (Å²) in [6.45, 7) is 2.09. The van der Waals surface area contributed by atoms with E-state index in [2.05, 4.69) is 13.0 Å². The van der Waals surface area contributed by atoms with Gasteiger partial charge in [0.25, 0.3) is 5.24 Å². The van der Waals surface area contributed by atoms with E-state index >= 15 is 0 Å².